The largest absolute Gasteiger partial charge is 0.387 e. The van der Waals surface area contributed by atoms with E-state index in [1.54, 1.807) is 0 Å². The molecule has 0 saturated heterocycles. The number of amides is 1. The van der Waals surface area contributed by atoms with E-state index in [0.717, 1.165) is 18.4 Å². The van der Waals surface area contributed by atoms with E-state index in [9.17, 15) is 9.90 Å². The molecule has 1 aliphatic rings. The number of aliphatic hydroxyl groups excluding tert-OH is 1. The van der Waals surface area contributed by atoms with Crippen LogP contribution in [0.15, 0.2) is 16.8 Å². The number of nitrogens with two attached hydrogens (primary N) is 1. The van der Waals surface area contributed by atoms with Crippen molar-refractivity contribution >= 4 is 17.2 Å². The fourth-order valence-electron chi connectivity index (χ4n) is 1.63. The minimum absolute atomic E-state index is 0.0238. The minimum atomic E-state index is -0.622. The maximum atomic E-state index is 11.7. The van der Waals surface area contributed by atoms with Crippen molar-refractivity contribution < 1.29 is 9.90 Å². The van der Waals surface area contributed by atoms with E-state index in [1.165, 1.54) is 11.3 Å². The highest BCUT2D eigenvalue weighted by molar-refractivity contribution is 7.07. The van der Waals surface area contributed by atoms with Gasteiger partial charge in [-0.05, 0) is 35.2 Å². The highest BCUT2D eigenvalue weighted by Crippen LogP contribution is 2.44. The van der Waals surface area contributed by atoms with Gasteiger partial charge in [-0.2, -0.15) is 11.3 Å². The lowest BCUT2D eigenvalue weighted by Crippen LogP contribution is -2.38. The van der Waals surface area contributed by atoms with Gasteiger partial charge in [0.15, 0.2) is 0 Å². The number of thiophene rings is 1. The van der Waals surface area contributed by atoms with Crippen LogP contribution < -0.4 is 11.1 Å². The van der Waals surface area contributed by atoms with Crippen LogP contribution in [-0.4, -0.2) is 24.1 Å². The molecule has 5 heteroatoms. The van der Waals surface area contributed by atoms with E-state index in [1.807, 2.05) is 16.8 Å². The zero-order valence-electron chi connectivity index (χ0n) is 8.98. The van der Waals surface area contributed by atoms with Gasteiger partial charge in [0.05, 0.1) is 11.5 Å². The number of carbonyl (C=O) groups excluding carboxylic acids is 1. The first-order valence-electron chi connectivity index (χ1n) is 5.36. The average molecular weight is 240 g/mol. The maximum Gasteiger partial charge on any atom is 0.227 e. The molecule has 1 aromatic heterocycles. The molecule has 4 N–H and O–H groups in total. The van der Waals surface area contributed by atoms with Crippen molar-refractivity contribution in [2.24, 2.45) is 11.1 Å². The molecule has 0 aliphatic heterocycles. The smallest absolute Gasteiger partial charge is 0.227 e. The lowest BCUT2D eigenvalue weighted by atomic mass is 10.1. The summed E-state index contributed by atoms with van der Waals surface area (Å²) in [5, 5.41) is 16.3. The van der Waals surface area contributed by atoms with Gasteiger partial charge in [0, 0.05) is 13.1 Å². The Morgan fingerprint density at radius 3 is 2.94 bits per heavy atom. The lowest BCUT2D eigenvalue weighted by Gasteiger charge is -2.15. The van der Waals surface area contributed by atoms with Gasteiger partial charge in [-0.3, -0.25) is 4.79 Å². The minimum Gasteiger partial charge on any atom is -0.387 e. The first-order valence-corrected chi connectivity index (χ1v) is 6.31. The predicted molar refractivity (Wildman–Crippen MR) is 63.0 cm³/mol. The molecular weight excluding hydrogens is 224 g/mol. The Morgan fingerprint density at radius 2 is 2.44 bits per heavy atom. The Bertz CT molecular complexity index is 360. The van der Waals surface area contributed by atoms with Crippen LogP contribution in [-0.2, 0) is 4.79 Å². The van der Waals surface area contributed by atoms with E-state index in [-0.39, 0.29) is 17.9 Å². The van der Waals surface area contributed by atoms with Crippen LogP contribution in [0, 0.1) is 5.41 Å². The molecule has 1 fully saturated rings. The number of rotatable bonds is 5. The van der Waals surface area contributed by atoms with E-state index < -0.39 is 6.10 Å². The van der Waals surface area contributed by atoms with Crippen molar-refractivity contribution in [3.8, 4) is 0 Å². The fourth-order valence-corrected chi connectivity index (χ4v) is 2.34. The van der Waals surface area contributed by atoms with Crippen molar-refractivity contribution in [3.05, 3.63) is 22.4 Å². The maximum absolute atomic E-state index is 11.7. The molecule has 1 saturated carbocycles. The van der Waals surface area contributed by atoms with Gasteiger partial charge in [0.1, 0.15) is 0 Å². The van der Waals surface area contributed by atoms with Crippen LogP contribution in [0.2, 0.25) is 0 Å². The summed E-state index contributed by atoms with van der Waals surface area (Å²) in [6, 6.07) is 1.86. The molecule has 0 bridgehead atoms. The molecule has 0 spiro atoms. The van der Waals surface area contributed by atoms with Crippen LogP contribution >= 0.6 is 11.3 Å². The number of hydrogen-bond acceptors (Lipinski definition) is 4. The number of carbonyl (C=O) groups is 1. The zero-order valence-corrected chi connectivity index (χ0v) is 9.80. The molecule has 1 aliphatic carbocycles. The topological polar surface area (TPSA) is 75.4 Å². The van der Waals surface area contributed by atoms with Crippen LogP contribution in [0.1, 0.15) is 24.5 Å². The standard InChI is InChI=1S/C11H16N2O2S/c12-7-11(2-3-11)10(15)13-5-9(14)8-1-4-16-6-8/h1,4,6,9,14H,2-3,5,7,12H2,(H,13,15). The molecular formula is C11H16N2O2S. The van der Waals surface area contributed by atoms with Crippen molar-refractivity contribution in [3.63, 3.8) is 0 Å². The number of aliphatic hydroxyl groups is 1. The molecule has 1 atom stereocenters. The Balaban J connectivity index is 1.82. The van der Waals surface area contributed by atoms with Gasteiger partial charge < -0.3 is 16.2 Å². The van der Waals surface area contributed by atoms with E-state index in [4.69, 9.17) is 5.73 Å². The summed E-state index contributed by atoms with van der Waals surface area (Å²) in [5.74, 6) is -0.0238. The van der Waals surface area contributed by atoms with Crippen LogP contribution in [0.4, 0.5) is 0 Å². The number of nitrogens with one attached hydrogen (secondary N) is 1. The van der Waals surface area contributed by atoms with E-state index in [2.05, 4.69) is 5.32 Å². The van der Waals surface area contributed by atoms with Gasteiger partial charge in [-0.15, -0.1) is 0 Å². The van der Waals surface area contributed by atoms with Crippen LogP contribution in [0.5, 0.6) is 0 Å². The summed E-state index contributed by atoms with van der Waals surface area (Å²) in [5.41, 5.74) is 6.06. The molecule has 1 aromatic rings. The Labute approximate surface area is 98.5 Å². The SMILES string of the molecule is NCC1(C(=O)NCC(O)c2ccsc2)CC1. The molecule has 4 nitrogen and oxygen atoms in total. The van der Waals surface area contributed by atoms with Gasteiger partial charge in [-0.25, -0.2) is 0 Å². The second-order valence-electron chi connectivity index (χ2n) is 4.27. The second kappa shape index (κ2) is 4.53. The Hall–Kier alpha value is -0.910. The third-order valence-electron chi connectivity index (χ3n) is 3.11. The molecule has 88 valence electrons. The third-order valence-corrected chi connectivity index (χ3v) is 3.81. The van der Waals surface area contributed by atoms with E-state index >= 15 is 0 Å². The van der Waals surface area contributed by atoms with Gasteiger partial charge >= 0.3 is 0 Å². The van der Waals surface area contributed by atoms with Crippen molar-refractivity contribution in [2.45, 2.75) is 18.9 Å². The predicted octanol–water partition coefficient (Wildman–Crippen LogP) is 0.637. The van der Waals surface area contributed by atoms with Gasteiger partial charge in [0.2, 0.25) is 5.91 Å². The molecule has 16 heavy (non-hydrogen) atoms. The van der Waals surface area contributed by atoms with Gasteiger partial charge in [0.25, 0.3) is 0 Å². The molecule has 1 unspecified atom stereocenters. The fraction of sp³-hybridized carbons (Fsp3) is 0.545. The molecule has 0 aromatic carbocycles. The summed E-state index contributed by atoms with van der Waals surface area (Å²) < 4.78 is 0. The zero-order chi connectivity index (χ0) is 11.6. The Morgan fingerprint density at radius 1 is 1.69 bits per heavy atom. The third kappa shape index (κ3) is 2.26. The van der Waals surface area contributed by atoms with Crippen molar-refractivity contribution in [1.82, 2.24) is 5.32 Å². The second-order valence-corrected chi connectivity index (χ2v) is 5.05. The molecule has 2 rings (SSSR count). The van der Waals surface area contributed by atoms with Crippen molar-refractivity contribution in [2.75, 3.05) is 13.1 Å². The summed E-state index contributed by atoms with van der Waals surface area (Å²) in [6.45, 7) is 0.657. The Kier molecular flexibility index (Phi) is 3.28. The van der Waals surface area contributed by atoms with Crippen molar-refractivity contribution in [1.29, 1.82) is 0 Å². The average Bonchev–Trinajstić information content (AvgIpc) is 2.91. The van der Waals surface area contributed by atoms with Gasteiger partial charge in [-0.1, -0.05) is 0 Å². The highest BCUT2D eigenvalue weighted by atomic mass is 32.1. The summed E-state index contributed by atoms with van der Waals surface area (Å²) in [7, 11) is 0. The lowest BCUT2D eigenvalue weighted by molar-refractivity contribution is -0.126. The monoisotopic (exact) mass is 240 g/mol. The molecule has 0 radical (unpaired) electrons. The first-order chi connectivity index (χ1) is 7.68. The molecule has 1 amide bonds. The summed E-state index contributed by atoms with van der Waals surface area (Å²) >= 11 is 1.53. The van der Waals surface area contributed by atoms with Crippen LogP contribution in [0.3, 0.4) is 0 Å². The summed E-state index contributed by atoms with van der Waals surface area (Å²) in [4.78, 5) is 11.7. The highest BCUT2D eigenvalue weighted by Gasteiger charge is 2.48. The number of hydrogen-bond donors (Lipinski definition) is 3. The van der Waals surface area contributed by atoms with Crippen LogP contribution in [0.25, 0.3) is 0 Å². The first kappa shape index (κ1) is 11.6. The normalized spacial score (nSPS) is 19.1. The summed E-state index contributed by atoms with van der Waals surface area (Å²) in [6.07, 6.45) is 1.11. The quantitative estimate of drug-likeness (QED) is 0.707. The molecule has 1 heterocycles. The van der Waals surface area contributed by atoms with E-state index in [0.29, 0.717) is 6.54 Å².